The molecule has 0 unspecified atom stereocenters. The number of piperazine rings is 1. The molecule has 1 N–H and O–H groups in total. The molecule has 4 rings (SSSR count). The van der Waals surface area contributed by atoms with Crippen LogP contribution in [0.3, 0.4) is 0 Å². The number of benzene rings is 2. The van der Waals surface area contributed by atoms with Crippen molar-refractivity contribution >= 4 is 40.2 Å². The summed E-state index contributed by atoms with van der Waals surface area (Å²) in [6.45, 7) is 2.47. The van der Waals surface area contributed by atoms with Crippen LogP contribution in [0, 0.1) is 24.4 Å². The Balaban J connectivity index is 1.48. The van der Waals surface area contributed by atoms with E-state index in [0.717, 1.165) is 6.07 Å². The van der Waals surface area contributed by atoms with Crippen LogP contribution in [0.2, 0.25) is 5.02 Å². The second kappa shape index (κ2) is 8.70. The van der Waals surface area contributed by atoms with Gasteiger partial charge in [-0.1, -0.05) is 11.6 Å². The van der Waals surface area contributed by atoms with Gasteiger partial charge in [-0.05, 0) is 36.8 Å². The van der Waals surface area contributed by atoms with E-state index < -0.39 is 23.5 Å². The predicted molar refractivity (Wildman–Crippen MR) is 115 cm³/mol. The van der Waals surface area contributed by atoms with E-state index in [9.17, 15) is 18.0 Å². The van der Waals surface area contributed by atoms with Crippen LogP contribution >= 0.6 is 11.6 Å². The smallest absolute Gasteiger partial charge is 0.323 e. The third kappa shape index (κ3) is 4.10. The molecule has 1 saturated heterocycles. The molecule has 3 aromatic rings. The van der Waals surface area contributed by atoms with Crippen molar-refractivity contribution in [2.24, 2.45) is 0 Å². The fourth-order valence-electron chi connectivity index (χ4n) is 3.64. The zero-order chi connectivity index (χ0) is 23.0. The van der Waals surface area contributed by atoms with Crippen molar-refractivity contribution in [1.29, 1.82) is 0 Å². The second-order valence-electron chi connectivity index (χ2n) is 7.27. The summed E-state index contributed by atoms with van der Waals surface area (Å²) in [4.78, 5) is 24.6. The number of nitrogens with zero attached hydrogens (tertiary/aromatic N) is 4. The average Bonchev–Trinajstić information content (AvgIpc) is 2.77. The van der Waals surface area contributed by atoms with Crippen molar-refractivity contribution in [3.63, 3.8) is 0 Å². The summed E-state index contributed by atoms with van der Waals surface area (Å²) >= 11 is 6.01. The maximum Gasteiger partial charge on any atom is 0.323 e. The molecule has 1 fully saturated rings. The summed E-state index contributed by atoms with van der Waals surface area (Å²) < 4.78 is 46.7. The number of hydrogen-bond acceptors (Lipinski definition) is 5. The van der Waals surface area contributed by atoms with Gasteiger partial charge in [0.25, 0.3) is 5.88 Å². The van der Waals surface area contributed by atoms with Gasteiger partial charge in [0.2, 0.25) is 0 Å². The van der Waals surface area contributed by atoms with Gasteiger partial charge in [-0.25, -0.2) is 27.9 Å². The van der Waals surface area contributed by atoms with Crippen molar-refractivity contribution in [3.8, 4) is 5.88 Å². The van der Waals surface area contributed by atoms with Gasteiger partial charge in [-0.15, -0.1) is 0 Å². The van der Waals surface area contributed by atoms with Gasteiger partial charge in [0, 0.05) is 31.2 Å². The van der Waals surface area contributed by atoms with Crippen molar-refractivity contribution < 1.29 is 22.7 Å². The molecule has 32 heavy (non-hydrogen) atoms. The van der Waals surface area contributed by atoms with Crippen LogP contribution in [0.4, 0.5) is 29.5 Å². The summed E-state index contributed by atoms with van der Waals surface area (Å²) in [5.41, 5.74) is 1.33. The molecule has 0 radical (unpaired) electrons. The lowest BCUT2D eigenvalue weighted by atomic mass is 10.1. The fraction of sp³-hybridized carbons (Fsp3) is 0.286. The number of aryl methyl sites for hydroxylation is 1. The van der Waals surface area contributed by atoms with E-state index in [0.29, 0.717) is 16.1 Å². The molecule has 7 nitrogen and oxygen atoms in total. The Morgan fingerprint density at radius 1 is 1.06 bits per heavy atom. The molecule has 2 amide bonds. The van der Waals surface area contributed by atoms with Gasteiger partial charge in [0.05, 0.1) is 23.8 Å². The molecular formula is C21H19ClF3N5O2. The van der Waals surface area contributed by atoms with E-state index in [1.54, 1.807) is 23.1 Å². The number of amides is 2. The van der Waals surface area contributed by atoms with Crippen molar-refractivity contribution in [2.45, 2.75) is 6.92 Å². The fourth-order valence-corrected chi connectivity index (χ4v) is 3.81. The zero-order valence-electron chi connectivity index (χ0n) is 17.3. The molecule has 1 aromatic heterocycles. The molecule has 0 bridgehead atoms. The first kappa shape index (κ1) is 21.9. The van der Waals surface area contributed by atoms with Crippen LogP contribution in [0.5, 0.6) is 5.88 Å². The molecule has 1 aliphatic heterocycles. The molecule has 11 heteroatoms. The van der Waals surface area contributed by atoms with E-state index in [4.69, 9.17) is 16.3 Å². The molecule has 2 aromatic carbocycles. The SMILES string of the molecule is COc1nc2ccc(Cl)cc2nc1NC(=O)N1CCN(c2c(C)cc(F)c(F)c2F)CC1. The minimum absolute atomic E-state index is 0.00269. The molecule has 168 valence electrons. The van der Waals surface area contributed by atoms with Crippen molar-refractivity contribution in [1.82, 2.24) is 14.9 Å². The number of aromatic nitrogens is 2. The number of rotatable bonds is 3. The van der Waals surface area contributed by atoms with Gasteiger partial charge in [0.1, 0.15) is 0 Å². The molecule has 0 saturated carbocycles. The van der Waals surface area contributed by atoms with E-state index in [1.807, 2.05) is 0 Å². The lowest BCUT2D eigenvalue weighted by molar-refractivity contribution is 0.207. The number of anilines is 2. The molecular weight excluding hydrogens is 447 g/mol. The highest BCUT2D eigenvalue weighted by Crippen LogP contribution is 2.29. The highest BCUT2D eigenvalue weighted by Gasteiger charge is 2.27. The van der Waals surface area contributed by atoms with Gasteiger partial charge in [-0.2, -0.15) is 0 Å². The number of carbonyl (C=O) groups is 1. The van der Waals surface area contributed by atoms with Gasteiger partial charge >= 0.3 is 6.03 Å². The Bertz CT molecular complexity index is 1200. The quantitative estimate of drug-likeness (QED) is 0.582. The Morgan fingerprint density at radius 3 is 2.47 bits per heavy atom. The standard InChI is InChI=1S/C21H19ClF3N5O2/c1-11-9-13(23)16(24)17(25)18(11)29-5-7-30(8-6-29)21(31)28-19-20(32-2)27-14-4-3-12(22)10-15(14)26-19/h3-4,9-10H,5-8H2,1-2H3,(H,26,28,31). The Morgan fingerprint density at radius 2 is 1.78 bits per heavy atom. The van der Waals surface area contributed by atoms with E-state index in [-0.39, 0.29) is 49.1 Å². The number of nitrogens with one attached hydrogen (secondary N) is 1. The van der Waals surface area contributed by atoms with Gasteiger partial charge in [-0.3, -0.25) is 5.32 Å². The van der Waals surface area contributed by atoms with Gasteiger partial charge < -0.3 is 14.5 Å². The summed E-state index contributed by atoms with van der Waals surface area (Å²) in [6, 6.07) is 5.51. The normalized spacial score (nSPS) is 14.1. The van der Waals surface area contributed by atoms with Crippen LogP contribution in [-0.2, 0) is 0 Å². The van der Waals surface area contributed by atoms with E-state index in [2.05, 4.69) is 15.3 Å². The first-order chi connectivity index (χ1) is 15.3. The lowest BCUT2D eigenvalue weighted by Crippen LogP contribution is -2.50. The predicted octanol–water partition coefficient (Wildman–Crippen LogP) is 4.37. The van der Waals surface area contributed by atoms with Crippen LogP contribution in [0.1, 0.15) is 5.56 Å². The minimum Gasteiger partial charge on any atom is -0.478 e. The molecule has 0 atom stereocenters. The third-order valence-corrected chi connectivity index (χ3v) is 5.46. The molecule has 0 spiro atoms. The summed E-state index contributed by atoms with van der Waals surface area (Å²) in [5.74, 6) is -3.68. The summed E-state index contributed by atoms with van der Waals surface area (Å²) in [6.07, 6.45) is 0. The number of hydrogen-bond donors (Lipinski definition) is 1. The Hall–Kier alpha value is -3.27. The number of halogens is 4. The second-order valence-corrected chi connectivity index (χ2v) is 7.71. The van der Waals surface area contributed by atoms with Crippen LogP contribution in [-0.4, -0.2) is 54.2 Å². The molecule has 1 aliphatic rings. The largest absolute Gasteiger partial charge is 0.478 e. The molecule has 2 heterocycles. The Kier molecular flexibility index (Phi) is 5.96. The first-order valence-electron chi connectivity index (χ1n) is 9.74. The Labute approximate surface area is 186 Å². The summed E-state index contributed by atoms with van der Waals surface area (Å²) in [5, 5.41) is 3.16. The number of urea groups is 1. The van der Waals surface area contributed by atoms with Crippen LogP contribution in [0.15, 0.2) is 24.3 Å². The maximum atomic E-state index is 14.3. The van der Waals surface area contributed by atoms with Gasteiger partial charge in [0.15, 0.2) is 23.3 Å². The monoisotopic (exact) mass is 465 g/mol. The highest BCUT2D eigenvalue weighted by molar-refractivity contribution is 6.31. The lowest BCUT2D eigenvalue weighted by Gasteiger charge is -2.36. The van der Waals surface area contributed by atoms with Crippen LogP contribution < -0.4 is 15.0 Å². The molecule has 0 aliphatic carbocycles. The van der Waals surface area contributed by atoms with Crippen molar-refractivity contribution in [2.75, 3.05) is 43.5 Å². The number of carbonyl (C=O) groups excluding carboxylic acids is 1. The average molecular weight is 466 g/mol. The number of ether oxygens (including phenoxy) is 1. The third-order valence-electron chi connectivity index (χ3n) is 5.22. The summed E-state index contributed by atoms with van der Waals surface area (Å²) in [7, 11) is 1.42. The topological polar surface area (TPSA) is 70.6 Å². The van der Waals surface area contributed by atoms with Crippen molar-refractivity contribution in [3.05, 3.63) is 52.3 Å². The first-order valence-corrected chi connectivity index (χ1v) is 10.1. The van der Waals surface area contributed by atoms with Crippen LogP contribution in [0.25, 0.3) is 11.0 Å². The number of fused-ring (bicyclic) bond motifs is 1. The highest BCUT2D eigenvalue weighted by atomic mass is 35.5. The van der Waals surface area contributed by atoms with E-state index in [1.165, 1.54) is 18.9 Å². The minimum atomic E-state index is -1.51. The number of methoxy groups -OCH3 is 1. The van der Waals surface area contributed by atoms with E-state index >= 15 is 0 Å². The maximum absolute atomic E-state index is 14.3. The zero-order valence-corrected chi connectivity index (χ0v) is 18.0.